The number of pyridine rings is 1. The Morgan fingerprint density at radius 3 is 2.82 bits per heavy atom. The first-order valence-corrected chi connectivity index (χ1v) is 11.5. The molecule has 3 heterocycles. The van der Waals surface area contributed by atoms with E-state index in [1.165, 1.54) is 4.68 Å². The summed E-state index contributed by atoms with van der Waals surface area (Å²) < 4.78 is 16.7. The number of rotatable bonds is 6. The molecule has 0 spiro atoms. The third-order valence-electron chi connectivity index (χ3n) is 7.31. The summed E-state index contributed by atoms with van der Waals surface area (Å²) in [6, 6.07) is 9.37. The summed E-state index contributed by atoms with van der Waals surface area (Å²) in [7, 11) is 0. The second-order valence-corrected chi connectivity index (χ2v) is 9.56. The standard InChI is InChI=1S/C25H23FN5O3/c1-14-7-17-18(13-32)29-30(21(17)11-27-14)12-23(33)31-19-8-15(19)9-20(31)24(34)28-22-10-25(22,26)16-5-3-2-4-6-16/h2-7,11,15,19-20,22H,8-10,12H2,1H3,(H,28,34)/t15-,19-,20+,22?,25?/m1/s1. The van der Waals surface area contributed by atoms with Gasteiger partial charge in [0.25, 0.3) is 6.29 Å². The lowest BCUT2D eigenvalue weighted by atomic mass is 10.1. The summed E-state index contributed by atoms with van der Waals surface area (Å²) in [5, 5.41) is 7.65. The van der Waals surface area contributed by atoms with Crippen molar-refractivity contribution in [3.63, 3.8) is 0 Å². The van der Waals surface area contributed by atoms with Crippen molar-refractivity contribution in [2.24, 2.45) is 5.92 Å². The van der Waals surface area contributed by atoms with Crippen molar-refractivity contribution in [2.45, 2.75) is 56.5 Å². The van der Waals surface area contributed by atoms with Crippen LogP contribution in [0.5, 0.6) is 0 Å². The number of hydrogen-bond donors (Lipinski definition) is 1. The summed E-state index contributed by atoms with van der Waals surface area (Å²) in [5.41, 5.74) is 0.412. The van der Waals surface area contributed by atoms with Crippen LogP contribution >= 0.6 is 0 Å². The Bertz CT molecular complexity index is 1320. The number of benzene rings is 1. The van der Waals surface area contributed by atoms with Crippen LogP contribution in [0.25, 0.3) is 10.9 Å². The molecular formula is C25H23FN5O3. The van der Waals surface area contributed by atoms with Gasteiger partial charge in [0.15, 0.2) is 5.67 Å². The number of nitrogens with one attached hydrogen (secondary N) is 1. The smallest absolute Gasteiger partial charge is 0.256 e. The van der Waals surface area contributed by atoms with Gasteiger partial charge < -0.3 is 10.2 Å². The lowest BCUT2D eigenvalue weighted by Gasteiger charge is -2.27. The fraction of sp³-hybridized carbons (Fsp3) is 0.400. The molecule has 8 nitrogen and oxygen atoms in total. The molecule has 1 aliphatic heterocycles. The summed E-state index contributed by atoms with van der Waals surface area (Å²) >= 11 is 0. The van der Waals surface area contributed by atoms with Gasteiger partial charge in [0.05, 0.1) is 17.8 Å². The Labute approximate surface area is 195 Å². The molecule has 1 radical (unpaired) electrons. The van der Waals surface area contributed by atoms with Crippen molar-refractivity contribution in [2.75, 3.05) is 0 Å². The maximum Gasteiger partial charge on any atom is 0.256 e. The summed E-state index contributed by atoms with van der Waals surface area (Å²) in [6.45, 7) is 1.69. The zero-order chi connectivity index (χ0) is 23.6. The topological polar surface area (TPSA) is 97.2 Å². The Kier molecular flexibility index (Phi) is 4.59. The maximum atomic E-state index is 15.2. The molecule has 3 aliphatic rings. The number of aryl methyl sites for hydroxylation is 1. The minimum atomic E-state index is -1.56. The summed E-state index contributed by atoms with van der Waals surface area (Å²) in [5.74, 6) is -0.274. The molecule has 9 heteroatoms. The average molecular weight is 460 g/mol. The number of hydrogen-bond acceptors (Lipinski definition) is 5. The molecule has 173 valence electrons. The number of carbonyl (C=O) groups is 2. The monoisotopic (exact) mass is 460 g/mol. The fourth-order valence-electron chi connectivity index (χ4n) is 5.34. The van der Waals surface area contributed by atoms with E-state index in [1.807, 2.05) is 12.4 Å². The number of piperidine rings is 1. The second-order valence-electron chi connectivity index (χ2n) is 9.56. The quantitative estimate of drug-likeness (QED) is 0.607. The van der Waals surface area contributed by atoms with E-state index < -0.39 is 17.8 Å². The van der Waals surface area contributed by atoms with Gasteiger partial charge in [0, 0.05) is 23.5 Å². The van der Waals surface area contributed by atoms with Crippen molar-refractivity contribution in [3.05, 3.63) is 59.5 Å². The highest BCUT2D eigenvalue weighted by molar-refractivity contribution is 5.96. The van der Waals surface area contributed by atoms with Gasteiger partial charge in [-0.1, -0.05) is 30.3 Å². The van der Waals surface area contributed by atoms with Crippen molar-refractivity contribution in [3.8, 4) is 0 Å². The van der Waals surface area contributed by atoms with E-state index in [1.54, 1.807) is 48.4 Å². The SMILES string of the molecule is Cc1cc2c([C]=O)nn(CC(=O)N3[C@@H]4C[C@@H]4C[C@H]3C(=O)NC3CC3(F)c3ccccc3)c2cn1. The van der Waals surface area contributed by atoms with Crippen LogP contribution in [0.4, 0.5) is 4.39 Å². The maximum absolute atomic E-state index is 15.2. The van der Waals surface area contributed by atoms with Crippen LogP contribution in [-0.2, 0) is 26.6 Å². The first-order chi connectivity index (χ1) is 16.4. The van der Waals surface area contributed by atoms with Crippen molar-refractivity contribution >= 4 is 29.0 Å². The number of carbonyl (C=O) groups excluding carboxylic acids is 3. The molecule has 1 N–H and O–H groups in total. The molecule has 2 saturated carbocycles. The number of likely N-dealkylation sites (tertiary alicyclic amines) is 1. The average Bonchev–Trinajstić information content (AvgIpc) is 3.66. The van der Waals surface area contributed by atoms with Gasteiger partial charge in [-0.25, -0.2) is 4.39 Å². The third-order valence-corrected chi connectivity index (χ3v) is 7.31. The van der Waals surface area contributed by atoms with E-state index in [2.05, 4.69) is 15.4 Å². The minimum absolute atomic E-state index is 0.0195. The Morgan fingerprint density at radius 1 is 1.26 bits per heavy atom. The number of aromatic nitrogens is 3. The second kappa shape index (κ2) is 7.44. The number of amides is 2. The van der Waals surface area contributed by atoms with Crippen molar-refractivity contribution in [1.82, 2.24) is 25.0 Å². The Balaban J connectivity index is 1.19. The predicted octanol–water partition coefficient (Wildman–Crippen LogP) is 1.94. The molecule has 2 aromatic heterocycles. The van der Waals surface area contributed by atoms with Gasteiger partial charge in [-0.15, -0.1) is 0 Å². The first-order valence-electron chi connectivity index (χ1n) is 11.5. The van der Waals surface area contributed by atoms with E-state index in [-0.39, 0.29) is 36.5 Å². The number of halogens is 1. The van der Waals surface area contributed by atoms with E-state index in [9.17, 15) is 14.4 Å². The van der Waals surface area contributed by atoms with Crippen LogP contribution in [0.15, 0.2) is 42.6 Å². The van der Waals surface area contributed by atoms with E-state index in [0.29, 0.717) is 28.8 Å². The molecule has 6 rings (SSSR count). The van der Waals surface area contributed by atoms with Crippen LogP contribution in [0.2, 0.25) is 0 Å². The number of alkyl halides is 1. The highest BCUT2D eigenvalue weighted by Crippen LogP contribution is 2.51. The van der Waals surface area contributed by atoms with Gasteiger partial charge in [0.2, 0.25) is 11.8 Å². The highest BCUT2D eigenvalue weighted by Gasteiger charge is 2.60. The van der Waals surface area contributed by atoms with E-state index in [0.717, 1.165) is 12.1 Å². The van der Waals surface area contributed by atoms with Gasteiger partial charge in [0.1, 0.15) is 18.3 Å². The van der Waals surface area contributed by atoms with Crippen LogP contribution in [0.3, 0.4) is 0 Å². The molecule has 2 aliphatic carbocycles. The van der Waals surface area contributed by atoms with Crippen LogP contribution < -0.4 is 5.32 Å². The zero-order valence-electron chi connectivity index (χ0n) is 18.6. The molecule has 5 atom stereocenters. The molecule has 34 heavy (non-hydrogen) atoms. The molecular weight excluding hydrogens is 437 g/mol. The van der Waals surface area contributed by atoms with Crippen LogP contribution in [-0.4, -0.2) is 55.9 Å². The normalized spacial score (nSPS) is 29.1. The lowest BCUT2D eigenvalue weighted by Crippen LogP contribution is -2.50. The number of nitrogens with zero attached hydrogens (tertiary/aromatic N) is 4. The molecule has 0 bridgehead atoms. The Morgan fingerprint density at radius 2 is 2.06 bits per heavy atom. The molecule has 2 amide bonds. The molecule has 3 fully saturated rings. The first kappa shape index (κ1) is 20.9. The van der Waals surface area contributed by atoms with E-state index >= 15 is 4.39 Å². The van der Waals surface area contributed by atoms with Gasteiger partial charge in [-0.05, 0) is 37.3 Å². The fourth-order valence-corrected chi connectivity index (χ4v) is 5.34. The third kappa shape index (κ3) is 3.29. The van der Waals surface area contributed by atoms with E-state index in [4.69, 9.17) is 0 Å². The van der Waals surface area contributed by atoms with Gasteiger partial charge >= 0.3 is 0 Å². The molecule has 3 aromatic rings. The summed E-state index contributed by atoms with van der Waals surface area (Å²) in [6.07, 6.45) is 5.07. The van der Waals surface area contributed by atoms with Crippen LogP contribution in [0.1, 0.15) is 36.2 Å². The Hall–Kier alpha value is -3.62. The van der Waals surface area contributed by atoms with Crippen molar-refractivity contribution in [1.29, 1.82) is 0 Å². The van der Waals surface area contributed by atoms with Gasteiger partial charge in [-0.3, -0.25) is 24.0 Å². The molecule has 2 unspecified atom stereocenters. The molecule has 1 saturated heterocycles. The van der Waals surface area contributed by atoms with Crippen molar-refractivity contribution < 1.29 is 18.8 Å². The molecule has 1 aromatic carbocycles. The summed E-state index contributed by atoms with van der Waals surface area (Å²) in [4.78, 5) is 43.6. The van der Waals surface area contributed by atoms with Gasteiger partial charge in [-0.2, -0.15) is 5.10 Å². The number of fused-ring (bicyclic) bond motifs is 2. The largest absolute Gasteiger partial charge is 0.348 e. The highest BCUT2D eigenvalue weighted by atomic mass is 19.1. The predicted molar refractivity (Wildman–Crippen MR) is 120 cm³/mol. The zero-order valence-corrected chi connectivity index (χ0v) is 18.6. The lowest BCUT2D eigenvalue weighted by molar-refractivity contribution is -0.140. The van der Waals surface area contributed by atoms with Crippen LogP contribution in [0, 0.1) is 12.8 Å². The minimum Gasteiger partial charge on any atom is -0.348 e.